The highest BCUT2D eigenvalue weighted by Crippen LogP contribution is 2.24. The topological polar surface area (TPSA) is 63.3 Å². The minimum atomic E-state index is -0.109. The third kappa shape index (κ3) is 4.08. The summed E-state index contributed by atoms with van der Waals surface area (Å²) in [4.78, 5) is 17.0. The summed E-state index contributed by atoms with van der Waals surface area (Å²) in [6, 6.07) is 25.5. The number of hydrogen-bond donors (Lipinski definition) is 1. The summed E-state index contributed by atoms with van der Waals surface area (Å²) in [6.45, 7) is 4.07. The van der Waals surface area contributed by atoms with Crippen LogP contribution in [-0.4, -0.2) is 16.5 Å². The molecule has 0 bridgehead atoms. The van der Waals surface area contributed by atoms with Crippen LogP contribution in [0.3, 0.4) is 0 Å². The number of nitrogens with one attached hydrogen (secondary N) is 1. The monoisotopic (exact) mass is 466 g/mol. The van der Waals surface area contributed by atoms with E-state index in [9.17, 15) is 4.79 Å². The van der Waals surface area contributed by atoms with E-state index in [4.69, 9.17) is 9.15 Å². The fraction of sp³-hybridized carbons (Fsp3) is 0.172. The average Bonchev–Trinajstić information content (AvgIpc) is 3.11. The zero-order chi connectivity index (χ0) is 24.5. The van der Waals surface area contributed by atoms with Gasteiger partial charge in [-0.25, -0.2) is 4.68 Å². The molecule has 176 valence electrons. The second-order valence-electron chi connectivity index (χ2n) is 8.50. The van der Waals surface area contributed by atoms with Crippen LogP contribution < -0.4 is 20.6 Å². The number of para-hydroxylation sites is 1. The van der Waals surface area contributed by atoms with Crippen molar-refractivity contribution in [2.75, 3.05) is 7.11 Å². The van der Waals surface area contributed by atoms with Crippen molar-refractivity contribution in [1.29, 1.82) is 0 Å². The molecule has 35 heavy (non-hydrogen) atoms. The molecule has 0 radical (unpaired) electrons. The van der Waals surface area contributed by atoms with Crippen molar-refractivity contribution < 1.29 is 14.1 Å². The smallest absolute Gasteiger partial charge is 0.343 e. The van der Waals surface area contributed by atoms with E-state index in [1.807, 2.05) is 85.4 Å². The number of benzene rings is 3. The Hall–Kier alpha value is -4.32. The molecule has 0 spiro atoms. The van der Waals surface area contributed by atoms with Gasteiger partial charge in [-0.3, -0.25) is 9.48 Å². The summed E-state index contributed by atoms with van der Waals surface area (Å²) >= 11 is 0. The van der Waals surface area contributed by atoms with Crippen LogP contribution in [-0.2, 0) is 13.5 Å². The Morgan fingerprint density at radius 3 is 2.40 bits per heavy atom. The van der Waals surface area contributed by atoms with Crippen LogP contribution in [0, 0.1) is 6.92 Å². The van der Waals surface area contributed by atoms with E-state index >= 15 is 0 Å². The maximum absolute atomic E-state index is 13.5. The molecule has 2 heterocycles. The number of nitrogens with zero attached hydrogens (tertiary/aromatic N) is 2. The number of aromatic nitrogens is 2. The first-order valence-electron chi connectivity index (χ1n) is 11.7. The SMILES string of the molecule is CCc1ccc2oc(-c3ccc(OC)cc3)cc(=[NH+]c3c(C)n(C)n(-c4ccccc4)c3=O)c2c1. The van der Waals surface area contributed by atoms with Gasteiger partial charge in [0.05, 0.1) is 24.2 Å². The Bertz CT molecular complexity index is 1640. The molecule has 0 saturated heterocycles. The summed E-state index contributed by atoms with van der Waals surface area (Å²) in [5.74, 6) is 1.48. The zero-order valence-corrected chi connectivity index (χ0v) is 20.3. The highest BCUT2D eigenvalue weighted by molar-refractivity contribution is 5.79. The Morgan fingerprint density at radius 1 is 0.971 bits per heavy atom. The lowest BCUT2D eigenvalue weighted by Crippen LogP contribution is -2.72. The molecule has 5 rings (SSSR count). The van der Waals surface area contributed by atoms with Gasteiger partial charge in [0.25, 0.3) is 5.69 Å². The molecule has 0 amide bonds. The molecule has 0 saturated carbocycles. The molecule has 0 atom stereocenters. The van der Waals surface area contributed by atoms with Gasteiger partial charge in [0.15, 0.2) is 0 Å². The van der Waals surface area contributed by atoms with E-state index in [0.717, 1.165) is 45.4 Å². The van der Waals surface area contributed by atoms with Crippen molar-refractivity contribution in [2.24, 2.45) is 7.05 Å². The van der Waals surface area contributed by atoms with Crippen molar-refractivity contribution in [2.45, 2.75) is 20.3 Å². The summed E-state index contributed by atoms with van der Waals surface area (Å²) in [5, 5.41) is 1.74. The summed E-state index contributed by atoms with van der Waals surface area (Å²) in [7, 11) is 3.54. The van der Waals surface area contributed by atoms with E-state index in [1.165, 1.54) is 5.56 Å². The first-order valence-corrected chi connectivity index (χ1v) is 11.7. The third-order valence-electron chi connectivity index (χ3n) is 6.43. The molecule has 0 aliphatic rings. The van der Waals surface area contributed by atoms with Crippen LogP contribution in [0.4, 0.5) is 5.69 Å². The molecule has 2 aromatic heterocycles. The molecule has 0 aliphatic heterocycles. The highest BCUT2D eigenvalue weighted by Gasteiger charge is 2.21. The van der Waals surface area contributed by atoms with Gasteiger partial charge in [0.2, 0.25) is 5.36 Å². The highest BCUT2D eigenvalue weighted by atomic mass is 16.5. The lowest BCUT2D eigenvalue weighted by molar-refractivity contribution is -0.402. The lowest BCUT2D eigenvalue weighted by atomic mass is 10.1. The van der Waals surface area contributed by atoms with Gasteiger partial charge in [-0.15, -0.1) is 0 Å². The van der Waals surface area contributed by atoms with Gasteiger partial charge >= 0.3 is 5.56 Å². The Balaban J connectivity index is 1.78. The Morgan fingerprint density at radius 2 is 1.71 bits per heavy atom. The Labute approximate surface area is 203 Å². The lowest BCUT2D eigenvalue weighted by Gasteiger charge is -2.06. The van der Waals surface area contributed by atoms with Gasteiger partial charge in [0.1, 0.15) is 22.8 Å². The molecule has 0 fully saturated rings. The van der Waals surface area contributed by atoms with Crippen LogP contribution in [0.25, 0.3) is 28.0 Å². The van der Waals surface area contributed by atoms with E-state index < -0.39 is 0 Å². The number of hydrogen-bond acceptors (Lipinski definition) is 3. The normalized spacial score (nSPS) is 11.8. The van der Waals surface area contributed by atoms with E-state index in [2.05, 4.69) is 24.0 Å². The maximum Gasteiger partial charge on any atom is 0.343 e. The fourth-order valence-electron chi connectivity index (χ4n) is 4.30. The summed E-state index contributed by atoms with van der Waals surface area (Å²) in [6.07, 6.45) is 0.904. The van der Waals surface area contributed by atoms with Crippen molar-refractivity contribution in [3.63, 3.8) is 0 Å². The van der Waals surface area contributed by atoms with E-state index in [-0.39, 0.29) is 5.56 Å². The second kappa shape index (κ2) is 9.14. The van der Waals surface area contributed by atoms with Crippen molar-refractivity contribution in [3.05, 3.63) is 106 Å². The number of fused-ring (bicyclic) bond motifs is 1. The Kier molecular flexibility index (Phi) is 5.87. The third-order valence-corrected chi connectivity index (χ3v) is 6.43. The van der Waals surface area contributed by atoms with Crippen LogP contribution >= 0.6 is 0 Å². The van der Waals surface area contributed by atoms with Gasteiger partial charge in [-0.1, -0.05) is 31.2 Å². The number of rotatable bonds is 5. The zero-order valence-electron chi connectivity index (χ0n) is 20.3. The van der Waals surface area contributed by atoms with Crippen molar-refractivity contribution >= 4 is 16.7 Å². The van der Waals surface area contributed by atoms with Gasteiger partial charge in [0, 0.05) is 12.6 Å². The second-order valence-corrected chi connectivity index (χ2v) is 8.50. The van der Waals surface area contributed by atoms with Crippen LogP contribution in [0.5, 0.6) is 5.75 Å². The molecule has 3 aromatic carbocycles. The molecule has 5 aromatic rings. The van der Waals surface area contributed by atoms with Crippen LogP contribution in [0.2, 0.25) is 0 Å². The number of ether oxygens (including phenoxy) is 1. The minimum absolute atomic E-state index is 0.109. The fourth-order valence-corrected chi connectivity index (χ4v) is 4.30. The van der Waals surface area contributed by atoms with Crippen molar-refractivity contribution in [1.82, 2.24) is 9.36 Å². The van der Waals surface area contributed by atoms with E-state index in [1.54, 1.807) is 11.8 Å². The van der Waals surface area contributed by atoms with Gasteiger partial charge in [-0.2, -0.15) is 4.99 Å². The minimum Gasteiger partial charge on any atom is -0.497 e. The van der Waals surface area contributed by atoms with Crippen LogP contribution in [0.15, 0.2) is 88.1 Å². The summed E-state index contributed by atoms with van der Waals surface area (Å²) in [5.41, 5.74) is 4.94. The van der Waals surface area contributed by atoms with Crippen LogP contribution in [0.1, 0.15) is 18.2 Å². The molecule has 6 nitrogen and oxygen atoms in total. The van der Waals surface area contributed by atoms with Crippen molar-refractivity contribution in [3.8, 4) is 22.8 Å². The standard InChI is InChI=1S/C29H27N3O3/c1-5-20-11-16-26-24(17-20)25(18-27(35-26)21-12-14-23(34-4)15-13-21)30-28-19(2)31(3)32(29(28)33)22-9-7-6-8-10-22/h6-18H,5H2,1-4H3/p+1. The molecule has 6 heteroatoms. The largest absolute Gasteiger partial charge is 0.497 e. The molecular weight excluding hydrogens is 438 g/mol. The predicted octanol–water partition coefficient (Wildman–Crippen LogP) is 3.78. The maximum atomic E-state index is 13.5. The quantitative estimate of drug-likeness (QED) is 0.429. The molecule has 0 aliphatic carbocycles. The summed E-state index contributed by atoms with van der Waals surface area (Å²) < 4.78 is 15.1. The van der Waals surface area contributed by atoms with E-state index in [0.29, 0.717) is 11.4 Å². The first kappa shape index (κ1) is 22.5. The molecule has 0 unspecified atom stereocenters. The predicted molar refractivity (Wildman–Crippen MR) is 137 cm³/mol. The molecule has 1 N–H and O–H groups in total. The first-order chi connectivity index (χ1) is 17.0. The van der Waals surface area contributed by atoms with Gasteiger partial charge in [-0.05, 0) is 67.4 Å². The molecular formula is C29H28N3O3+. The number of aryl methyl sites for hydroxylation is 1. The van der Waals surface area contributed by atoms with Gasteiger partial charge < -0.3 is 9.15 Å². The average molecular weight is 467 g/mol. The number of methoxy groups -OCH3 is 1.